The van der Waals surface area contributed by atoms with Gasteiger partial charge in [0.05, 0.1) is 17.5 Å². The third kappa shape index (κ3) is 3.17. The molecule has 0 amide bonds. The summed E-state index contributed by atoms with van der Waals surface area (Å²) >= 11 is 0. The lowest BCUT2D eigenvalue weighted by molar-refractivity contribution is 0.189. The van der Waals surface area contributed by atoms with Crippen LogP contribution in [0.1, 0.15) is 36.9 Å². The summed E-state index contributed by atoms with van der Waals surface area (Å²) in [5, 5.41) is 14.0. The number of nitrogens with zero attached hydrogens (tertiary/aromatic N) is 2. The van der Waals surface area contributed by atoms with Crippen LogP contribution in [-0.2, 0) is 20.1 Å². The van der Waals surface area contributed by atoms with Crippen molar-refractivity contribution >= 4 is 0 Å². The van der Waals surface area contributed by atoms with Crippen LogP contribution in [0.2, 0.25) is 0 Å². The van der Waals surface area contributed by atoms with E-state index in [1.54, 1.807) is 11.6 Å². The summed E-state index contributed by atoms with van der Waals surface area (Å²) in [7, 11) is 1.86. The fourth-order valence-corrected chi connectivity index (χ4v) is 2.01. The predicted molar refractivity (Wildman–Crippen MR) is 74.0 cm³/mol. The van der Waals surface area contributed by atoms with Crippen LogP contribution in [0, 0.1) is 5.82 Å². The molecule has 0 aliphatic carbocycles. The number of hydrogen-bond acceptors (Lipinski definition) is 3. The Morgan fingerprint density at radius 1 is 1.40 bits per heavy atom. The van der Waals surface area contributed by atoms with Crippen molar-refractivity contribution in [2.45, 2.75) is 33.0 Å². The number of halogens is 1. The Kier molecular flexibility index (Phi) is 4.39. The van der Waals surface area contributed by atoms with Crippen LogP contribution in [-0.4, -0.2) is 14.9 Å². The minimum absolute atomic E-state index is 0.328. The van der Waals surface area contributed by atoms with Crippen molar-refractivity contribution in [3.05, 3.63) is 47.0 Å². The van der Waals surface area contributed by atoms with E-state index in [4.69, 9.17) is 4.74 Å². The second-order valence-corrected chi connectivity index (χ2v) is 4.75. The van der Waals surface area contributed by atoms with Crippen LogP contribution in [0.15, 0.2) is 24.3 Å². The Balaban J connectivity index is 2.16. The van der Waals surface area contributed by atoms with Crippen LogP contribution in [0.25, 0.3) is 0 Å². The van der Waals surface area contributed by atoms with Crippen LogP contribution in [0.5, 0.6) is 5.75 Å². The van der Waals surface area contributed by atoms with E-state index in [2.05, 4.69) is 5.10 Å². The molecule has 108 valence electrons. The zero-order chi connectivity index (χ0) is 14.7. The maximum absolute atomic E-state index is 13.2. The Hall–Kier alpha value is -1.88. The molecule has 1 aromatic carbocycles. The number of hydrogen-bond donors (Lipinski definition) is 1. The van der Waals surface area contributed by atoms with Gasteiger partial charge in [-0.05, 0) is 37.6 Å². The first-order chi connectivity index (χ1) is 9.51. The zero-order valence-corrected chi connectivity index (χ0v) is 11.9. The van der Waals surface area contributed by atoms with Crippen molar-refractivity contribution in [2.75, 3.05) is 0 Å². The Labute approximate surface area is 117 Å². The minimum Gasteiger partial charge on any atom is -0.487 e. The van der Waals surface area contributed by atoms with E-state index in [1.807, 2.05) is 20.0 Å². The summed E-state index contributed by atoms with van der Waals surface area (Å²) in [5.74, 6) is 0.0997. The molecule has 0 saturated heterocycles. The summed E-state index contributed by atoms with van der Waals surface area (Å²) in [6, 6.07) is 6.13. The zero-order valence-electron chi connectivity index (χ0n) is 11.9. The molecule has 1 N–H and O–H groups in total. The molecule has 1 atom stereocenters. The van der Waals surface area contributed by atoms with E-state index in [1.165, 1.54) is 18.2 Å². The Morgan fingerprint density at radius 3 is 2.75 bits per heavy atom. The van der Waals surface area contributed by atoms with Crippen LogP contribution in [0.3, 0.4) is 0 Å². The summed E-state index contributed by atoms with van der Waals surface area (Å²) in [6.45, 7) is 3.95. The number of aliphatic hydroxyl groups is 1. The smallest absolute Gasteiger partial charge is 0.130 e. The van der Waals surface area contributed by atoms with Crippen molar-refractivity contribution in [3.8, 4) is 5.75 Å². The van der Waals surface area contributed by atoms with Gasteiger partial charge in [-0.1, -0.05) is 6.92 Å². The lowest BCUT2D eigenvalue weighted by Gasteiger charge is -2.13. The quantitative estimate of drug-likeness (QED) is 0.914. The molecule has 5 heteroatoms. The summed E-state index contributed by atoms with van der Waals surface area (Å²) in [6.07, 6.45) is 0.0852. The first kappa shape index (κ1) is 14.5. The molecule has 4 nitrogen and oxygen atoms in total. The van der Waals surface area contributed by atoms with Gasteiger partial charge in [0.1, 0.15) is 18.2 Å². The molecule has 0 aliphatic rings. The fraction of sp³-hybridized carbons (Fsp3) is 0.400. The van der Waals surface area contributed by atoms with E-state index in [9.17, 15) is 9.50 Å². The first-order valence-electron chi connectivity index (χ1n) is 6.63. The number of aryl methyl sites for hydroxylation is 2. The predicted octanol–water partition coefficient (Wildman–Crippen LogP) is 2.75. The largest absolute Gasteiger partial charge is 0.487 e. The molecule has 1 aromatic heterocycles. The number of aromatic nitrogens is 2. The average Bonchev–Trinajstić information content (AvgIpc) is 2.78. The SMILES string of the molecule is CCc1cc(COc2ccc(F)cc2[C@H](C)O)n(C)n1. The molecule has 0 aliphatic heterocycles. The van der Waals surface area contributed by atoms with E-state index >= 15 is 0 Å². The van der Waals surface area contributed by atoms with Gasteiger partial charge in [-0.15, -0.1) is 0 Å². The summed E-state index contributed by atoms with van der Waals surface area (Å²) in [5.41, 5.74) is 2.38. The van der Waals surface area contributed by atoms with Crippen molar-refractivity contribution in [1.29, 1.82) is 0 Å². The van der Waals surface area contributed by atoms with E-state index in [0.717, 1.165) is 17.8 Å². The molecule has 1 heterocycles. The molecule has 0 bridgehead atoms. The van der Waals surface area contributed by atoms with Gasteiger partial charge in [0.25, 0.3) is 0 Å². The molecule has 2 rings (SSSR count). The standard InChI is InChI=1S/C15H19FN2O2/c1-4-12-8-13(18(3)17-12)9-20-15-6-5-11(16)7-14(15)10(2)19/h5-8,10,19H,4,9H2,1-3H3/t10-/m0/s1. The second-order valence-electron chi connectivity index (χ2n) is 4.75. The highest BCUT2D eigenvalue weighted by Crippen LogP contribution is 2.26. The van der Waals surface area contributed by atoms with Crippen molar-refractivity contribution in [1.82, 2.24) is 9.78 Å². The van der Waals surface area contributed by atoms with Gasteiger partial charge in [-0.25, -0.2) is 4.39 Å². The Bertz CT molecular complexity index is 594. The summed E-state index contributed by atoms with van der Waals surface area (Å²) in [4.78, 5) is 0. The van der Waals surface area contributed by atoms with E-state index < -0.39 is 6.10 Å². The third-order valence-electron chi connectivity index (χ3n) is 3.19. The molecule has 0 fully saturated rings. The van der Waals surface area contributed by atoms with Gasteiger partial charge in [0, 0.05) is 12.6 Å². The lowest BCUT2D eigenvalue weighted by atomic mass is 10.1. The number of rotatable bonds is 5. The normalized spacial score (nSPS) is 12.4. The third-order valence-corrected chi connectivity index (χ3v) is 3.19. The van der Waals surface area contributed by atoms with Crippen LogP contribution >= 0.6 is 0 Å². The van der Waals surface area contributed by atoms with Gasteiger partial charge in [-0.2, -0.15) is 5.10 Å². The fourth-order valence-electron chi connectivity index (χ4n) is 2.01. The van der Waals surface area contributed by atoms with Crippen LogP contribution < -0.4 is 4.74 Å². The summed E-state index contributed by atoms with van der Waals surface area (Å²) < 4.78 is 20.7. The molecule has 0 spiro atoms. The molecule has 2 aromatic rings. The molecular weight excluding hydrogens is 259 g/mol. The molecule has 0 saturated carbocycles. The highest BCUT2D eigenvalue weighted by molar-refractivity contribution is 5.35. The van der Waals surface area contributed by atoms with Gasteiger partial charge in [0.15, 0.2) is 0 Å². The first-order valence-corrected chi connectivity index (χ1v) is 6.63. The van der Waals surface area contributed by atoms with Crippen molar-refractivity contribution in [3.63, 3.8) is 0 Å². The van der Waals surface area contributed by atoms with Gasteiger partial charge >= 0.3 is 0 Å². The van der Waals surface area contributed by atoms with Crippen LogP contribution in [0.4, 0.5) is 4.39 Å². The highest BCUT2D eigenvalue weighted by atomic mass is 19.1. The lowest BCUT2D eigenvalue weighted by Crippen LogP contribution is -2.05. The van der Waals surface area contributed by atoms with Gasteiger partial charge in [0.2, 0.25) is 0 Å². The molecule has 0 unspecified atom stereocenters. The monoisotopic (exact) mass is 278 g/mol. The maximum atomic E-state index is 13.2. The van der Waals surface area contributed by atoms with Crippen molar-refractivity contribution < 1.29 is 14.2 Å². The average molecular weight is 278 g/mol. The minimum atomic E-state index is -0.779. The number of ether oxygens (including phenoxy) is 1. The highest BCUT2D eigenvalue weighted by Gasteiger charge is 2.12. The van der Waals surface area contributed by atoms with Crippen molar-refractivity contribution in [2.24, 2.45) is 7.05 Å². The number of aliphatic hydroxyl groups excluding tert-OH is 1. The molecule has 20 heavy (non-hydrogen) atoms. The molecule has 0 radical (unpaired) electrons. The second kappa shape index (κ2) is 6.05. The number of benzene rings is 1. The Morgan fingerprint density at radius 2 is 2.15 bits per heavy atom. The van der Waals surface area contributed by atoms with Gasteiger partial charge < -0.3 is 9.84 Å². The molecular formula is C15H19FN2O2. The maximum Gasteiger partial charge on any atom is 0.130 e. The van der Waals surface area contributed by atoms with E-state index in [0.29, 0.717) is 17.9 Å². The van der Waals surface area contributed by atoms with Gasteiger partial charge in [-0.3, -0.25) is 4.68 Å². The topological polar surface area (TPSA) is 47.3 Å². The van der Waals surface area contributed by atoms with E-state index in [-0.39, 0.29) is 5.82 Å².